The van der Waals surface area contributed by atoms with Gasteiger partial charge in [-0.15, -0.1) is 0 Å². The Labute approximate surface area is 111 Å². The molecule has 3 N–H and O–H groups in total. The standard InChI is InChI=1S/C15H26N2O/c1-5-10-18-14-11-12(6-7-13(14)16)17-9-8-15(2,3)4/h6-7,11,17H,5,8-10,16H2,1-4H3. The van der Waals surface area contributed by atoms with E-state index in [-0.39, 0.29) is 0 Å². The Hall–Kier alpha value is -1.38. The summed E-state index contributed by atoms with van der Waals surface area (Å²) in [6, 6.07) is 5.87. The van der Waals surface area contributed by atoms with Crippen LogP contribution in [0, 0.1) is 5.41 Å². The number of nitrogens with two attached hydrogens (primary N) is 1. The maximum atomic E-state index is 5.88. The average molecular weight is 250 g/mol. The molecule has 0 aromatic heterocycles. The van der Waals surface area contributed by atoms with Crippen LogP contribution in [-0.2, 0) is 0 Å². The van der Waals surface area contributed by atoms with Gasteiger partial charge in [0.1, 0.15) is 5.75 Å². The predicted octanol–water partition coefficient (Wildman–Crippen LogP) is 3.91. The zero-order valence-corrected chi connectivity index (χ0v) is 12.0. The average Bonchev–Trinajstić information content (AvgIpc) is 2.28. The largest absolute Gasteiger partial charge is 0.491 e. The summed E-state index contributed by atoms with van der Waals surface area (Å²) in [5, 5.41) is 3.41. The van der Waals surface area contributed by atoms with Crippen molar-refractivity contribution in [1.29, 1.82) is 0 Å². The number of benzene rings is 1. The van der Waals surface area contributed by atoms with Gasteiger partial charge in [-0.3, -0.25) is 0 Å². The van der Waals surface area contributed by atoms with Crippen LogP contribution in [0.1, 0.15) is 40.5 Å². The van der Waals surface area contributed by atoms with Crippen LogP contribution in [0.2, 0.25) is 0 Å². The highest BCUT2D eigenvalue weighted by Crippen LogP contribution is 2.26. The van der Waals surface area contributed by atoms with E-state index in [1.807, 2.05) is 18.2 Å². The normalized spacial score (nSPS) is 11.3. The molecule has 0 radical (unpaired) electrons. The van der Waals surface area contributed by atoms with Crippen LogP contribution < -0.4 is 15.8 Å². The fourth-order valence-electron chi connectivity index (χ4n) is 1.56. The second-order valence-electron chi connectivity index (χ2n) is 5.84. The van der Waals surface area contributed by atoms with Crippen LogP contribution in [-0.4, -0.2) is 13.2 Å². The lowest BCUT2D eigenvalue weighted by Gasteiger charge is -2.19. The first-order valence-electron chi connectivity index (χ1n) is 6.68. The van der Waals surface area contributed by atoms with Gasteiger partial charge < -0.3 is 15.8 Å². The van der Waals surface area contributed by atoms with E-state index in [1.165, 1.54) is 0 Å². The molecule has 0 saturated carbocycles. The molecule has 0 aliphatic carbocycles. The monoisotopic (exact) mass is 250 g/mol. The van der Waals surface area contributed by atoms with Crippen molar-refractivity contribution < 1.29 is 4.74 Å². The maximum Gasteiger partial charge on any atom is 0.144 e. The Balaban J connectivity index is 2.56. The van der Waals surface area contributed by atoms with Crippen molar-refractivity contribution in [2.75, 3.05) is 24.2 Å². The molecule has 0 bridgehead atoms. The van der Waals surface area contributed by atoms with Crippen LogP contribution >= 0.6 is 0 Å². The molecular weight excluding hydrogens is 224 g/mol. The minimum absolute atomic E-state index is 0.350. The lowest BCUT2D eigenvalue weighted by Crippen LogP contribution is -2.13. The van der Waals surface area contributed by atoms with Crippen LogP contribution in [0.4, 0.5) is 11.4 Å². The zero-order valence-electron chi connectivity index (χ0n) is 12.0. The molecule has 1 rings (SSSR count). The molecule has 0 saturated heterocycles. The Morgan fingerprint density at radius 2 is 2.00 bits per heavy atom. The van der Waals surface area contributed by atoms with E-state index < -0.39 is 0 Å². The summed E-state index contributed by atoms with van der Waals surface area (Å²) >= 11 is 0. The summed E-state index contributed by atoms with van der Waals surface area (Å²) in [4.78, 5) is 0. The third-order valence-corrected chi connectivity index (χ3v) is 2.68. The molecule has 18 heavy (non-hydrogen) atoms. The molecule has 0 atom stereocenters. The number of nitrogen functional groups attached to an aromatic ring is 1. The number of hydrogen-bond acceptors (Lipinski definition) is 3. The molecule has 0 heterocycles. The number of rotatable bonds is 6. The molecule has 3 nitrogen and oxygen atoms in total. The van der Waals surface area contributed by atoms with Gasteiger partial charge in [-0.2, -0.15) is 0 Å². The minimum Gasteiger partial charge on any atom is -0.491 e. The van der Waals surface area contributed by atoms with E-state index in [1.54, 1.807) is 0 Å². The van der Waals surface area contributed by atoms with Crippen LogP contribution in [0.15, 0.2) is 18.2 Å². The highest BCUT2D eigenvalue weighted by atomic mass is 16.5. The lowest BCUT2D eigenvalue weighted by molar-refractivity contribution is 0.319. The molecular formula is C15H26N2O. The van der Waals surface area contributed by atoms with Gasteiger partial charge in [0.05, 0.1) is 12.3 Å². The van der Waals surface area contributed by atoms with E-state index in [0.717, 1.165) is 30.8 Å². The molecule has 0 unspecified atom stereocenters. The van der Waals surface area contributed by atoms with E-state index in [2.05, 4.69) is 33.0 Å². The number of ether oxygens (including phenoxy) is 1. The topological polar surface area (TPSA) is 47.3 Å². The van der Waals surface area contributed by atoms with Crippen molar-refractivity contribution in [3.63, 3.8) is 0 Å². The summed E-state index contributed by atoms with van der Waals surface area (Å²) in [5.41, 5.74) is 7.99. The summed E-state index contributed by atoms with van der Waals surface area (Å²) in [6.07, 6.45) is 2.11. The number of anilines is 2. The SMILES string of the molecule is CCCOc1cc(NCCC(C)(C)C)ccc1N. The zero-order chi connectivity index (χ0) is 13.6. The summed E-state index contributed by atoms with van der Waals surface area (Å²) in [7, 11) is 0. The highest BCUT2D eigenvalue weighted by Gasteiger charge is 2.09. The van der Waals surface area contributed by atoms with E-state index in [0.29, 0.717) is 17.7 Å². The molecule has 0 aliphatic rings. The van der Waals surface area contributed by atoms with E-state index in [4.69, 9.17) is 10.5 Å². The molecule has 1 aromatic rings. The Kier molecular flexibility index (Phi) is 5.32. The second-order valence-corrected chi connectivity index (χ2v) is 5.84. The minimum atomic E-state index is 0.350. The van der Waals surface area contributed by atoms with Gasteiger partial charge in [0, 0.05) is 18.3 Å². The first kappa shape index (κ1) is 14.7. The second kappa shape index (κ2) is 6.53. The predicted molar refractivity (Wildman–Crippen MR) is 79.2 cm³/mol. The lowest BCUT2D eigenvalue weighted by atomic mass is 9.92. The maximum absolute atomic E-state index is 5.88. The fraction of sp³-hybridized carbons (Fsp3) is 0.600. The van der Waals surface area contributed by atoms with Gasteiger partial charge in [0.25, 0.3) is 0 Å². The quantitative estimate of drug-likeness (QED) is 0.753. The third-order valence-electron chi connectivity index (χ3n) is 2.68. The fourth-order valence-corrected chi connectivity index (χ4v) is 1.56. The third kappa shape index (κ3) is 5.30. The Morgan fingerprint density at radius 1 is 1.28 bits per heavy atom. The number of hydrogen-bond donors (Lipinski definition) is 2. The van der Waals surface area contributed by atoms with Gasteiger partial charge >= 0.3 is 0 Å². The Morgan fingerprint density at radius 3 is 2.61 bits per heavy atom. The molecule has 0 spiro atoms. The van der Waals surface area contributed by atoms with Crippen molar-refractivity contribution in [2.24, 2.45) is 5.41 Å². The highest BCUT2D eigenvalue weighted by molar-refractivity contribution is 5.61. The van der Waals surface area contributed by atoms with Gasteiger partial charge in [-0.05, 0) is 30.4 Å². The van der Waals surface area contributed by atoms with E-state index in [9.17, 15) is 0 Å². The summed E-state index contributed by atoms with van der Waals surface area (Å²) < 4.78 is 5.61. The Bertz CT molecular complexity index is 369. The van der Waals surface area contributed by atoms with Crippen molar-refractivity contribution in [2.45, 2.75) is 40.5 Å². The number of nitrogens with one attached hydrogen (secondary N) is 1. The molecule has 0 aliphatic heterocycles. The molecule has 0 amide bonds. The summed E-state index contributed by atoms with van der Waals surface area (Å²) in [6.45, 7) is 10.5. The van der Waals surface area contributed by atoms with Gasteiger partial charge in [-0.25, -0.2) is 0 Å². The van der Waals surface area contributed by atoms with Crippen LogP contribution in [0.5, 0.6) is 5.75 Å². The van der Waals surface area contributed by atoms with Crippen molar-refractivity contribution in [1.82, 2.24) is 0 Å². The van der Waals surface area contributed by atoms with Crippen LogP contribution in [0.3, 0.4) is 0 Å². The van der Waals surface area contributed by atoms with Crippen LogP contribution in [0.25, 0.3) is 0 Å². The molecule has 1 aromatic carbocycles. The smallest absolute Gasteiger partial charge is 0.144 e. The molecule has 3 heteroatoms. The van der Waals surface area contributed by atoms with E-state index >= 15 is 0 Å². The van der Waals surface area contributed by atoms with Crippen molar-refractivity contribution in [3.8, 4) is 5.75 Å². The van der Waals surface area contributed by atoms with Crippen molar-refractivity contribution in [3.05, 3.63) is 18.2 Å². The van der Waals surface area contributed by atoms with Gasteiger partial charge in [0.2, 0.25) is 0 Å². The molecule has 102 valence electrons. The summed E-state index contributed by atoms with van der Waals surface area (Å²) in [5.74, 6) is 0.776. The first-order chi connectivity index (χ1) is 8.42. The van der Waals surface area contributed by atoms with Crippen molar-refractivity contribution >= 4 is 11.4 Å². The van der Waals surface area contributed by atoms with Gasteiger partial charge in [0.15, 0.2) is 0 Å². The van der Waals surface area contributed by atoms with Gasteiger partial charge in [-0.1, -0.05) is 27.7 Å². The first-order valence-corrected chi connectivity index (χ1v) is 6.68. The molecule has 0 fully saturated rings.